The Morgan fingerprint density at radius 3 is 3.00 bits per heavy atom. The Kier molecular flexibility index (Phi) is 5.03. The zero-order chi connectivity index (χ0) is 13.0. The SMILES string of the molecule is CN(Cc1cc(Br)ccc1O)CC1CCCCN1. The van der Waals surface area contributed by atoms with Gasteiger partial charge in [-0.1, -0.05) is 22.4 Å². The van der Waals surface area contributed by atoms with Gasteiger partial charge in [0, 0.05) is 29.2 Å². The van der Waals surface area contributed by atoms with E-state index in [9.17, 15) is 5.11 Å². The minimum atomic E-state index is 0.377. The second-order valence-electron chi connectivity index (χ2n) is 5.12. The van der Waals surface area contributed by atoms with Crippen LogP contribution in [-0.4, -0.2) is 36.2 Å². The maximum absolute atomic E-state index is 9.83. The van der Waals surface area contributed by atoms with Gasteiger partial charge >= 0.3 is 0 Å². The molecule has 0 saturated carbocycles. The first-order valence-corrected chi connectivity index (χ1v) is 7.34. The van der Waals surface area contributed by atoms with Crippen molar-refractivity contribution in [1.29, 1.82) is 0 Å². The number of hydrogen-bond donors (Lipinski definition) is 2. The first kappa shape index (κ1) is 13.8. The molecule has 1 fully saturated rings. The van der Waals surface area contributed by atoms with E-state index in [-0.39, 0.29) is 0 Å². The number of hydrogen-bond acceptors (Lipinski definition) is 3. The van der Waals surface area contributed by atoms with Crippen molar-refractivity contribution >= 4 is 15.9 Å². The molecule has 0 radical (unpaired) electrons. The van der Waals surface area contributed by atoms with Gasteiger partial charge in [0.1, 0.15) is 5.75 Å². The average molecular weight is 313 g/mol. The Bertz CT molecular complexity index is 391. The zero-order valence-electron chi connectivity index (χ0n) is 10.8. The van der Waals surface area contributed by atoms with Crippen LogP contribution in [0.1, 0.15) is 24.8 Å². The van der Waals surface area contributed by atoms with Crippen molar-refractivity contribution in [3.8, 4) is 5.75 Å². The minimum Gasteiger partial charge on any atom is -0.508 e. The van der Waals surface area contributed by atoms with E-state index in [4.69, 9.17) is 0 Å². The van der Waals surface area contributed by atoms with E-state index in [0.717, 1.165) is 29.7 Å². The maximum atomic E-state index is 9.83. The van der Waals surface area contributed by atoms with Crippen LogP contribution in [0, 0.1) is 0 Å². The monoisotopic (exact) mass is 312 g/mol. The fourth-order valence-electron chi connectivity index (χ4n) is 2.49. The van der Waals surface area contributed by atoms with Crippen molar-refractivity contribution in [2.24, 2.45) is 0 Å². The van der Waals surface area contributed by atoms with Crippen molar-refractivity contribution in [1.82, 2.24) is 10.2 Å². The molecule has 2 N–H and O–H groups in total. The van der Waals surface area contributed by atoms with Gasteiger partial charge in [0.15, 0.2) is 0 Å². The van der Waals surface area contributed by atoms with Gasteiger partial charge in [0.2, 0.25) is 0 Å². The Balaban J connectivity index is 1.89. The Hall–Kier alpha value is -0.580. The molecule has 2 rings (SSSR count). The fourth-order valence-corrected chi connectivity index (χ4v) is 2.90. The molecule has 100 valence electrons. The number of phenolic OH excluding ortho intramolecular Hbond substituents is 1. The largest absolute Gasteiger partial charge is 0.508 e. The van der Waals surface area contributed by atoms with Crippen LogP contribution >= 0.6 is 15.9 Å². The average Bonchev–Trinajstić information content (AvgIpc) is 2.35. The van der Waals surface area contributed by atoms with Crippen molar-refractivity contribution in [3.63, 3.8) is 0 Å². The van der Waals surface area contributed by atoms with Crippen LogP contribution in [-0.2, 0) is 6.54 Å². The molecule has 1 aromatic rings. The maximum Gasteiger partial charge on any atom is 0.120 e. The van der Waals surface area contributed by atoms with E-state index in [1.54, 1.807) is 6.07 Å². The van der Waals surface area contributed by atoms with Crippen molar-refractivity contribution in [2.75, 3.05) is 20.1 Å². The fraction of sp³-hybridized carbons (Fsp3) is 0.571. The van der Waals surface area contributed by atoms with Crippen molar-refractivity contribution < 1.29 is 5.11 Å². The van der Waals surface area contributed by atoms with Gasteiger partial charge in [-0.2, -0.15) is 0 Å². The number of nitrogens with zero attached hydrogens (tertiary/aromatic N) is 1. The lowest BCUT2D eigenvalue weighted by Crippen LogP contribution is -2.42. The number of halogens is 1. The molecular weight excluding hydrogens is 292 g/mol. The lowest BCUT2D eigenvalue weighted by molar-refractivity contribution is 0.254. The van der Waals surface area contributed by atoms with Gasteiger partial charge in [0.25, 0.3) is 0 Å². The molecule has 1 atom stereocenters. The summed E-state index contributed by atoms with van der Waals surface area (Å²) in [4.78, 5) is 2.27. The van der Waals surface area contributed by atoms with Crippen molar-refractivity contribution in [3.05, 3.63) is 28.2 Å². The van der Waals surface area contributed by atoms with Gasteiger partial charge in [-0.15, -0.1) is 0 Å². The summed E-state index contributed by atoms with van der Waals surface area (Å²) in [6.07, 6.45) is 3.88. The molecule has 1 aliphatic rings. The molecule has 3 nitrogen and oxygen atoms in total. The molecule has 1 unspecified atom stereocenters. The molecule has 1 aromatic carbocycles. The lowest BCUT2D eigenvalue weighted by Gasteiger charge is -2.28. The van der Waals surface area contributed by atoms with E-state index in [0.29, 0.717) is 11.8 Å². The molecule has 18 heavy (non-hydrogen) atoms. The number of rotatable bonds is 4. The first-order valence-electron chi connectivity index (χ1n) is 6.54. The normalized spacial score (nSPS) is 20.3. The van der Waals surface area contributed by atoms with E-state index in [1.165, 1.54) is 19.3 Å². The summed E-state index contributed by atoms with van der Waals surface area (Å²) >= 11 is 3.44. The highest BCUT2D eigenvalue weighted by atomic mass is 79.9. The molecular formula is C14H21BrN2O. The summed E-state index contributed by atoms with van der Waals surface area (Å²) in [5, 5.41) is 13.4. The first-order chi connectivity index (χ1) is 8.65. The third kappa shape index (κ3) is 3.97. The van der Waals surface area contributed by atoms with Crippen LogP contribution in [0.4, 0.5) is 0 Å². The van der Waals surface area contributed by atoms with Gasteiger partial charge in [-0.25, -0.2) is 0 Å². The topological polar surface area (TPSA) is 35.5 Å². The third-order valence-corrected chi connectivity index (χ3v) is 3.92. The number of phenols is 1. The smallest absolute Gasteiger partial charge is 0.120 e. The Labute approximate surface area is 117 Å². The number of aromatic hydroxyl groups is 1. The standard InChI is InChI=1S/C14H21BrN2O/c1-17(10-13-4-2-3-7-16-13)9-11-8-12(15)5-6-14(11)18/h5-6,8,13,16,18H,2-4,7,9-10H2,1H3. The summed E-state index contributed by atoms with van der Waals surface area (Å²) in [5.41, 5.74) is 0.975. The molecule has 0 aromatic heterocycles. The van der Waals surface area contributed by atoms with E-state index in [2.05, 4.69) is 33.2 Å². The second-order valence-corrected chi connectivity index (χ2v) is 6.03. The third-order valence-electron chi connectivity index (χ3n) is 3.43. The summed E-state index contributed by atoms with van der Waals surface area (Å²) in [7, 11) is 2.11. The highest BCUT2D eigenvalue weighted by Crippen LogP contribution is 2.23. The predicted octanol–water partition coefficient (Wildman–Crippen LogP) is 2.73. The van der Waals surface area contributed by atoms with Gasteiger partial charge in [-0.05, 0) is 44.6 Å². The molecule has 0 spiro atoms. The van der Waals surface area contributed by atoms with Crippen LogP contribution in [0.3, 0.4) is 0 Å². The number of likely N-dealkylation sites (N-methyl/N-ethyl adjacent to an activating group) is 1. The Morgan fingerprint density at radius 2 is 2.28 bits per heavy atom. The van der Waals surface area contributed by atoms with Gasteiger partial charge < -0.3 is 15.3 Å². The molecule has 0 aliphatic carbocycles. The summed E-state index contributed by atoms with van der Waals surface area (Å²) in [6.45, 7) is 2.95. The van der Waals surface area contributed by atoms with Crippen molar-refractivity contribution in [2.45, 2.75) is 31.8 Å². The molecule has 1 saturated heterocycles. The van der Waals surface area contributed by atoms with Crippen LogP contribution in [0.15, 0.2) is 22.7 Å². The van der Waals surface area contributed by atoms with E-state index >= 15 is 0 Å². The second kappa shape index (κ2) is 6.55. The summed E-state index contributed by atoms with van der Waals surface area (Å²) < 4.78 is 1.01. The van der Waals surface area contributed by atoms with E-state index in [1.807, 2.05) is 12.1 Å². The Morgan fingerprint density at radius 1 is 1.44 bits per heavy atom. The highest BCUT2D eigenvalue weighted by molar-refractivity contribution is 9.10. The molecule has 0 amide bonds. The van der Waals surface area contributed by atoms with Crippen LogP contribution in [0.5, 0.6) is 5.75 Å². The summed E-state index contributed by atoms with van der Waals surface area (Å²) in [5.74, 6) is 0.377. The lowest BCUT2D eigenvalue weighted by atomic mass is 10.0. The zero-order valence-corrected chi connectivity index (χ0v) is 12.4. The van der Waals surface area contributed by atoms with Gasteiger partial charge in [0.05, 0.1) is 0 Å². The van der Waals surface area contributed by atoms with Crippen LogP contribution in [0.2, 0.25) is 0 Å². The summed E-state index contributed by atoms with van der Waals surface area (Å²) in [6, 6.07) is 6.19. The molecule has 0 bridgehead atoms. The minimum absolute atomic E-state index is 0.377. The van der Waals surface area contributed by atoms with E-state index < -0.39 is 0 Å². The highest BCUT2D eigenvalue weighted by Gasteiger charge is 2.15. The molecule has 4 heteroatoms. The van der Waals surface area contributed by atoms with Gasteiger partial charge in [-0.3, -0.25) is 0 Å². The number of benzene rings is 1. The van der Waals surface area contributed by atoms with Crippen LogP contribution < -0.4 is 5.32 Å². The molecule has 1 aliphatic heterocycles. The number of piperidine rings is 1. The van der Waals surface area contributed by atoms with Crippen LogP contribution in [0.25, 0.3) is 0 Å². The predicted molar refractivity (Wildman–Crippen MR) is 77.8 cm³/mol. The molecule has 1 heterocycles. The number of nitrogens with one attached hydrogen (secondary N) is 1. The quantitative estimate of drug-likeness (QED) is 0.897.